The lowest BCUT2D eigenvalue weighted by atomic mass is 10.2. The third-order valence-corrected chi connectivity index (χ3v) is 3.99. The van der Waals surface area contributed by atoms with Crippen molar-refractivity contribution in [2.24, 2.45) is 7.05 Å². The Hall–Kier alpha value is -2.08. The van der Waals surface area contributed by atoms with Gasteiger partial charge in [-0.25, -0.2) is 10.0 Å². The Morgan fingerprint density at radius 2 is 1.78 bits per heavy atom. The molecule has 0 N–H and O–H groups in total. The van der Waals surface area contributed by atoms with Crippen LogP contribution in [0, 0.1) is 6.92 Å². The van der Waals surface area contributed by atoms with E-state index in [0.29, 0.717) is 23.8 Å². The molecule has 7 heteroatoms. The average Bonchev–Trinajstić information content (AvgIpc) is 3.03. The number of carbonyl (C=O) groups excluding carboxylic acids is 2. The molecule has 2 rings (SSSR count). The SMILES string of the molecule is CC(C)=CC(=O)N1CCCN1C(=O)C=Cc1c(C)nn(C)c1Cl. The molecule has 1 aromatic heterocycles. The third-order valence-electron chi connectivity index (χ3n) is 3.54. The summed E-state index contributed by atoms with van der Waals surface area (Å²) in [6.45, 7) is 6.62. The van der Waals surface area contributed by atoms with E-state index in [1.54, 1.807) is 17.8 Å². The molecule has 0 unspecified atom stereocenters. The molecule has 1 aromatic rings. The maximum atomic E-state index is 12.4. The normalized spacial score (nSPS) is 14.7. The van der Waals surface area contributed by atoms with E-state index in [1.165, 1.54) is 22.2 Å². The molecular formula is C16H21ClN4O2. The van der Waals surface area contributed by atoms with Crippen LogP contribution in [-0.2, 0) is 16.6 Å². The summed E-state index contributed by atoms with van der Waals surface area (Å²) in [4.78, 5) is 24.6. The Labute approximate surface area is 141 Å². The fraction of sp³-hybridized carbons (Fsp3) is 0.438. The zero-order valence-electron chi connectivity index (χ0n) is 13.8. The Morgan fingerprint density at radius 3 is 2.30 bits per heavy atom. The highest BCUT2D eigenvalue weighted by Crippen LogP contribution is 2.20. The van der Waals surface area contributed by atoms with Crippen LogP contribution in [0.25, 0.3) is 6.08 Å². The summed E-state index contributed by atoms with van der Waals surface area (Å²) < 4.78 is 1.56. The number of carbonyl (C=O) groups is 2. The van der Waals surface area contributed by atoms with Crippen molar-refractivity contribution in [2.75, 3.05) is 13.1 Å². The molecule has 2 heterocycles. The largest absolute Gasteiger partial charge is 0.268 e. The third kappa shape index (κ3) is 3.82. The molecule has 0 radical (unpaired) electrons. The highest BCUT2D eigenvalue weighted by molar-refractivity contribution is 6.31. The van der Waals surface area contributed by atoms with Crippen LogP contribution in [0.4, 0.5) is 0 Å². The zero-order chi connectivity index (χ0) is 17.1. The number of nitrogens with zero attached hydrogens (tertiary/aromatic N) is 4. The van der Waals surface area contributed by atoms with E-state index >= 15 is 0 Å². The van der Waals surface area contributed by atoms with Gasteiger partial charge in [0.1, 0.15) is 5.15 Å². The van der Waals surface area contributed by atoms with E-state index in [-0.39, 0.29) is 11.8 Å². The summed E-state index contributed by atoms with van der Waals surface area (Å²) in [5.74, 6) is -0.405. The van der Waals surface area contributed by atoms with Crippen molar-refractivity contribution in [3.05, 3.63) is 34.1 Å². The van der Waals surface area contributed by atoms with Gasteiger partial charge < -0.3 is 0 Å². The Balaban J connectivity index is 2.15. The minimum atomic E-state index is -0.239. The first-order valence-electron chi connectivity index (χ1n) is 7.46. The second-order valence-corrected chi connectivity index (χ2v) is 6.10. The minimum Gasteiger partial charge on any atom is -0.268 e. The summed E-state index contributed by atoms with van der Waals surface area (Å²) >= 11 is 6.15. The summed E-state index contributed by atoms with van der Waals surface area (Å²) in [6, 6.07) is 0. The maximum Gasteiger partial charge on any atom is 0.265 e. The van der Waals surface area contributed by atoms with Crippen molar-refractivity contribution in [1.29, 1.82) is 0 Å². The standard InChI is InChI=1S/C16H21ClN4O2/c1-11(2)10-15(23)21-9-5-8-20(21)14(22)7-6-13-12(3)18-19(4)16(13)17/h6-7,10H,5,8-9H2,1-4H3. The fourth-order valence-electron chi connectivity index (χ4n) is 2.47. The molecule has 1 saturated heterocycles. The first-order valence-corrected chi connectivity index (χ1v) is 7.84. The Morgan fingerprint density at radius 1 is 1.17 bits per heavy atom. The van der Waals surface area contributed by atoms with E-state index in [4.69, 9.17) is 11.6 Å². The van der Waals surface area contributed by atoms with Gasteiger partial charge >= 0.3 is 0 Å². The van der Waals surface area contributed by atoms with Crippen LogP contribution in [0.1, 0.15) is 31.5 Å². The lowest BCUT2D eigenvalue weighted by Gasteiger charge is -2.25. The van der Waals surface area contributed by atoms with Crippen molar-refractivity contribution < 1.29 is 9.59 Å². The van der Waals surface area contributed by atoms with Crippen LogP contribution < -0.4 is 0 Å². The van der Waals surface area contributed by atoms with Crippen LogP contribution in [0.15, 0.2) is 17.7 Å². The molecule has 0 bridgehead atoms. The van der Waals surface area contributed by atoms with Crippen LogP contribution in [0.3, 0.4) is 0 Å². The van der Waals surface area contributed by atoms with Gasteiger partial charge in [-0.15, -0.1) is 0 Å². The number of hydrazine groups is 1. The number of rotatable bonds is 3. The molecule has 1 aliphatic heterocycles. The maximum absolute atomic E-state index is 12.4. The van der Waals surface area contributed by atoms with Crippen LogP contribution >= 0.6 is 11.6 Å². The van der Waals surface area contributed by atoms with Gasteiger partial charge in [0.05, 0.1) is 5.69 Å². The van der Waals surface area contributed by atoms with E-state index in [1.807, 2.05) is 20.8 Å². The van der Waals surface area contributed by atoms with E-state index < -0.39 is 0 Å². The lowest BCUT2D eigenvalue weighted by Crippen LogP contribution is -2.43. The summed E-state index contributed by atoms with van der Waals surface area (Å²) in [5, 5.41) is 7.63. The molecule has 0 aromatic carbocycles. The molecule has 2 amide bonds. The lowest BCUT2D eigenvalue weighted by molar-refractivity contribution is -0.151. The van der Waals surface area contributed by atoms with Gasteiger partial charge in [-0.2, -0.15) is 5.10 Å². The molecule has 0 saturated carbocycles. The molecule has 6 nitrogen and oxygen atoms in total. The second-order valence-electron chi connectivity index (χ2n) is 5.74. The molecule has 0 spiro atoms. The number of aromatic nitrogens is 2. The first kappa shape index (κ1) is 17.3. The monoisotopic (exact) mass is 336 g/mol. The van der Waals surface area contributed by atoms with Gasteiger partial charge in [0.15, 0.2) is 0 Å². The number of allylic oxidation sites excluding steroid dienone is 1. The highest BCUT2D eigenvalue weighted by Gasteiger charge is 2.28. The minimum absolute atomic E-state index is 0.167. The molecule has 0 aliphatic carbocycles. The average molecular weight is 337 g/mol. The quantitative estimate of drug-likeness (QED) is 0.796. The van der Waals surface area contributed by atoms with Gasteiger partial charge in [-0.05, 0) is 33.3 Å². The number of hydrogen-bond donors (Lipinski definition) is 0. The van der Waals surface area contributed by atoms with Crippen molar-refractivity contribution >= 4 is 29.5 Å². The molecule has 124 valence electrons. The Kier molecular flexibility index (Phi) is 5.26. The van der Waals surface area contributed by atoms with Crippen molar-refractivity contribution in [2.45, 2.75) is 27.2 Å². The van der Waals surface area contributed by atoms with Crippen LogP contribution in [-0.4, -0.2) is 44.7 Å². The van der Waals surface area contributed by atoms with E-state index in [2.05, 4.69) is 5.10 Å². The van der Waals surface area contributed by atoms with Gasteiger partial charge in [-0.1, -0.05) is 17.2 Å². The fourth-order valence-corrected chi connectivity index (χ4v) is 2.71. The van der Waals surface area contributed by atoms with Crippen LogP contribution in [0.5, 0.6) is 0 Å². The predicted octanol–water partition coefficient (Wildman–Crippen LogP) is 2.34. The molecule has 1 fully saturated rings. The zero-order valence-corrected chi connectivity index (χ0v) is 14.6. The van der Waals surface area contributed by atoms with Crippen LogP contribution in [0.2, 0.25) is 5.15 Å². The number of aryl methyl sites for hydroxylation is 2. The van der Waals surface area contributed by atoms with Gasteiger partial charge in [0.25, 0.3) is 11.8 Å². The predicted molar refractivity (Wildman–Crippen MR) is 89.5 cm³/mol. The number of amides is 2. The summed E-state index contributed by atoms with van der Waals surface area (Å²) in [7, 11) is 1.74. The molecule has 1 aliphatic rings. The molecule has 23 heavy (non-hydrogen) atoms. The van der Waals surface area contributed by atoms with Gasteiger partial charge in [0, 0.05) is 37.9 Å². The topological polar surface area (TPSA) is 58.4 Å². The number of hydrogen-bond acceptors (Lipinski definition) is 3. The number of halogens is 1. The smallest absolute Gasteiger partial charge is 0.265 e. The molecule has 0 atom stereocenters. The van der Waals surface area contributed by atoms with Gasteiger partial charge in [0.2, 0.25) is 0 Å². The van der Waals surface area contributed by atoms with Gasteiger partial charge in [-0.3, -0.25) is 14.3 Å². The van der Waals surface area contributed by atoms with Crippen molar-refractivity contribution in [3.8, 4) is 0 Å². The highest BCUT2D eigenvalue weighted by atomic mass is 35.5. The summed E-state index contributed by atoms with van der Waals surface area (Å²) in [6.07, 6.45) is 5.39. The van der Waals surface area contributed by atoms with E-state index in [0.717, 1.165) is 17.7 Å². The van der Waals surface area contributed by atoms with Crippen molar-refractivity contribution in [1.82, 2.24) is 19.8 Å². The first-order chi connectivity index (χ1) is 10.8. The molecular weight excluding hydrogens is 316 g/mol. The van der Waals surface area contributed by atoms with E-state index in [9.17, 15) is 9.59 Å². The second kappa shape index (κ2) is 7.00. The summed E-state index contributed by atoms with van der Waals surface area (Å²) in [5.41, 5.74) is 2.37. The Bertz CT molecular complexity index is 686. The van der Waals surface area contributed by atoms with Crippen molar-refractivity contribution in [3.63, 3.8) is 0 Å².